The van der Waals surface area contributed by atoms with E-state index in [9.17, 15) is 4.79 Å². The summed E-state index contributed by atoms with van der Waals surface area (Å²) >= 11 is 0. The minimum absolute atomic E-state index is 0.260. The van der Waals surface area contributed by atoms with Crippen LogP contribution in [0.5, 0.6) is 0 Å². The van der Waals surface area contributed by atoms with Crippen molar-refractivity contribution in [2.75, 3.05) is 12.4 Å². The molecule has 0 aliphatic rings. The average molecular weight is 347 g/mol. The van der Waals surface area contributed by atoms with Gasteiger partial charge in [0.1, 0.15) is 17.6 Å². The fraction of sp³-hybridized carbons (Fsp3) is 0.133. The number of nitrogens with zero attached hydrogens (tertiary/aromatic N) is 3. The van der Waals surface area contributed by atoms with Crippen molar-refractivity contribution in [1.29, 1.82) is 0 Å². The standard InChI is InChI=1S/C15H13N3O3S2/c19-15(20-10-11-22-23-12-6-2-1-3-7-12)21-18-14-9-5-4-8-13(14)16-17-18/h1-9H,10-11H2. The van der Waals surface area contributed by atoms with Crippen molar-refractivity contribution in [3.8, 4) is 0 Å². The molecule has 0 saturated heterocycles. The molecular weight excluding hydrogens is 334 g/mol. The van der Waals surface area contributed by atoms with Gasteiger partial charge in [-0.25, -0.2) is 4.79 Å². The molecule has 2 aromatic carbocycles. The van der Waals surface area contributed by atoms with Gasteiger partial charge in [0, 0.05) is 10.6 Å². The first-order valence-electron chi connectivity index (χ1n) is 6.83. The van der Waals surface area contributed by atoms with Crippen molar-refractivity contribution in [3.63, 3.8) is 0 Å². The Hall–Kier alpha value is -2.19. The van der Waals surface area contributed by atoms with Gasteiger partial charge < -0.3 is 4.74 Å². The molecule has 0 bridgehead atoms. The van der Waals surface area contributed by atoms with Crippen LogP contribution in [-0.4, -0.2) is 33.7 Å². The number of rotatable bonds is 6. The van der Waals surface area contributed by atoms with Crippen molar-refractivity contribution in [2.45, 2.75) is 4.90 Å². The zero-order chi connectivity index (χ0) is 15.9. The number of hydrogen-bond donors (Lipinski definition) is 0. The lowest BCUT2D eigenvalue weighted by molar-refractivity contribution is 0.0434. The SMILES string of the molecule is O=C(OCCSSc1ccccc1)On1nnc2ccccc21. The summed E-state index contributed by atoms with van der Waals surface area (Å²) in [7, 11) is 3.24. The summed E-state index contributed by atoms with van der Waals surface area (Å²) in [6.45, 7) is 0.260. The molecule has 0 radical (unpaired) electrons. The highest BCUT2D eigenvalue weighted by atomic mass is 33.1. The lowest BCUT2D eigenvalue weighted by Gasteiger charge is -2.05. The van der Waals surface area contributed by atoms with E-state index >= 15 is 0 Å². The number of carbonyl (C=O) groups is 1. The number of benzene rings is 2. The number of para-hydroxylation sites is 1. The van der Waals surface area contributed by atoms with Gasteiger partial charge in [-0.15, -0.1) is 5.10 Å². The molecule has 0 aliphatic heterocycles. The Morgan fingerprint density at radius 2 is 1.87 bits per heavy atom. The molecule has 3 aromatic rings. The highest BCUT2D eigenvalue weighted by Crippen LogP contribution is 2.30. The summed E-state index contributed by atoms with van der Waals surface area (Å²) < 4.78 is 5.02. The maximum Gasteiger partial charge on any atom is 0.535 e. The van der Waals surface area contributed by atoms with Gasteiger partial charge in [0.05, 0.1) is 0 Å². The molecule has 0 N–H and O–H groups in total. The van der Waals surface area contributed by atoms with Crippen molar-refractivity contribution in [3.05, 3.63) is 54.6 Å². The third-order valence-corrected chi connectivity index (χ3v) is 5.11. The van der Waals surface area contributed by atoms with Crippen molar-refractivity contribution < 1.29 is 14.4 Å². The second-order valence-electron chi connectivity index (χ2n) is 4.36. The highest BCUT2D eigenvalue weighted by molar-refractivity contribution is 8.76. The third kappa shape index (κ3) is 4.40. The Morgan fingerprint density at radius 3 is 2.74 bits per heavy atom. The van der Waals surface area contributed by atoms with Crippen LogP contribution in [0.3, 0.4) is 0 Å². The van der Waals surface area contributed by atoms with Crippen molar-refractivity contribution in [2.24, 2.45) is 0 Å². The summed E-state index contributed by atoms with van der Waals surface area (Å²) in [5.74, 6) is 0.659. The summed E-state index contributed by atoms with van der Waals surface area (Å²) in [6, 6.07) is 17.2. The maximum atomic E-state index is 11.6. The van der Waals surface area contributed by atoms with Gasteiger partial charge in [-0.2, -0.15) is 0 Å². The normalized spacial score (nSPS) is 10.6. The topological polar surface area (TPSA) is 66.2 Å². The molecule has 3 rings (SSSR count). The van der Waals surface area contributed by atoms with Gasteiger partial charge in [-0.1, -0.05) is 56.8 Å². The smallest absolute Gasteiger partial charge is 0.432 e. The number of aromatic nitrogens is 3. The van der Waals surface area contributed by atoms with Gasteiger partial charge in [-0.05, 0) is 29.5 Å². The monoisotopic (exact) mass is 347 g/mol. The molecule has 0 saturated carbocycles. The molecule has 8 heteroatoms. The molecule has 1 heterocycles. The Kier molecular flexibility index (Phi) is 5.38. The molecule has 6 nitrogen and oxygen atoms in total. The summed E-state index contributed by atoms with van der Waals surface area (Å²) in [5.41, 5.74) is 1.26. The van der Waals surface area contributed by atoms with Crippen LogP contribution in [0.1, 0.15) is 0 Å². The molecular formula is C15H13N3O3S2. The fourth-order valence-electron chi connectivity index (χ4n) is 1.76. The molecule has 1 aromatic heterocycles. The lowest BCUT2D eigenvalue weighted by atomic mass is 10.3. The van der Waals surface area contributed by atoms with Crippen LogP contribution in [0.2, 0.25) is 0 Å². The van der Waals surface area contributed by atoms with E-state index in [0.29, 0.717) is 16.8 Å². The van der Waals surface area contributed by atoms with E-state index in [1.165, 1.54) is 0 Å². The lowest BCUT2D eigenvalue weighted by Crippen LogP contribution is -2.22. The van der Waals surface area contributed by atoms with Crippen molar-refractivity contribution in [1.82, 2.24) is 15.2 Å². The largest absolute Gasteiger partial charge is 0.535 e. The van der Waals surface area contributed by atoms with Crippen molar-refractivity contribution >= 4 is 38.8 Å². The van der Waals surface area contributed by atoms with Gasteiger partial charge in [0.25, 0.3) is 0 Å². The van der Waals surface area contributed by atoms with Gasteiger partial charge in [0.15, 0.2) is 0 Å². The van der Waals surface area contributed by atoms with E-state index in [2.05, 4.69) is 10.3 Å². The number of carbonyl (C=O) groups excluding carboxylic acids is 1. The van der Waals surface area contributed by atoms with Crippen LogP contribution in [0.15, 0.2) is 59.5 Å². The maximum absolute atomic E-state index is 11.6. The van der Waals surface area contributed by atoms with Crippen LogP contribution in [0, 0.1) is 0 Å². The first-order valence-corrected chi connectivity index (χ1v) is 9.15. The Bertz CT molecular complexity index is 780. The Morgan fingerprint density at radius 1 is 1.09 bits per heavy atom. The van der Waals surface area contributed by atoms with Crippen LogP contribution in [-0.2, 0) is 4.74 Å². The number of ether oxygens (including phenoxy) is 1. The predicted molar refractivity (Wildman–Crippen MR) is 90.2 cm³/mol. The predicted octanol–water partition coefficient (Wildman–Crippen LogP) is 3.44. The Labute approximate surface area is 140 Å². The fourth-order valence-corrected chi connectivity index (χ4v) is 3.59. The highest BCUT2D eigenvalue weighted by Gasteiger charge is 2.10. The van der Waals surface area contributed by atoms with E-state index in [1.807, 2.05) is 42.5 Å². The summed E-state index contributed by atoms with van der Waals surface area (Å²) in [5, 5.41) is 7.64. The van der Waals surface area contributed by atoms with Gasteiger partial charge in [0.2, 0.25) is 0 Å². The van der Waals surface area contributed by atoms with Crippen LogP contribution in [0.25, 0.3) is 11.0 Å². The molecule has 0 unspecified atom stereocenters. The Balaban J connectivity index is 1.40. The first kappa shape index (κ1) is 15.7. The zero-order valence-electron chi connectivity index (χ0n) is 12.0. The molecule has 118 valence electrons. The van der Waals surface area contributed by atoms with E-state index < -0.39 is 6.16 Å². The molecule has 0 spiro atoms. The van der Waals surface area contributed by atoms with Crippen LogP contribution >= 0.6 is 21.6 Å². The zero-order valence-corrected chi connectivity index (χ0v) is 13.6. The van der Waals surface area contributed by atoms with E-state index in [0.717, 1.165) is 9.74 Å². The summed E-state index contributed by atoms with van der Waals surface area (Å²) in [6.07, 6.45) is -0.800. The summed E-state index contributed by atoms with van der Waals surface area (Å²) in [4.78, 5) is 18.9. The second kappa shape index (κ2) is 7.89. The number of hydrogen-bond acceptors (Lipinski definition) is 7. The molecule has 0 amide bonds. The number of fused-ring (bicyclic) bond motifs is 1. The molecule has 0 atom stereocenters. The minimum atomic E-state index is -0.800. The first-order chi connectivity index (χ1) is 11.3. The quantitative estimate of drug-likeness (QED) is 0.293. The molecule has 0 aliphatic carbocycles. The van der Waals surface area contributed by atoms with E-state index in [-0.39, 0.29) is 6.61 Å². The third-order valence-electron chi connectivity index (χ3n) is 2.77. The van der Waals surface area contributed by atoms with Crippen LogP contribution < -0.4 is 4.84 Å². The van der Waals surface area contributed by atoms with Crippen LogP contribution in [0.4, 0.5) is 4.79 Å². The minimum Gasteiger partial charge on any atom is -0.432 e. The average Bonchev–Trinajstić information content (AvgIpc) is 2.99. The second-order valence-corrected chi connectivity index (χ2v) is 6.85. The molecule has 0 fully saturated rings. The van der Waals surface area contributed by atoms with E-state index in [4.69, 9.17) is 9.57 Å². The van der Waals surface area contributed by atoms with Gasteiger partial charge >= 0.3 is 6.16 Å². The van der Waals surface area contributed by atoms with Gasteiger partial charge in [-0.3, -0.25) is 4.84 Å². The van der Waals surface area contributed by atoms with E-state index in [1.54, 1.807) is 33.7 Å². The molecule has 23 heavy (non-hydrogen) atoms.